The SMILES string of the molecule is COCC(C)C(C)OC. The van der Waals surface area contributed by atoms with Gasteiger partial charge in [0.25, 0.3) is 0 Å². The highest BCUT2D eigenvalue weighted by atomic mass is 16.5. The van der Waals surface area contributed by atoms with E-state index in [4.69, 9.17) is 9.47 Å². The van der Waals surface area contributed by atoms with Crippen molar-refractivity contribution in [1.29, 1.82) is 0 Å². The zero-order valence-electron chi connectivity index (χ0n) is 6.68. The summed E-state index contributed by atoms with van der Waals surface area (Å²) in [6.07, 6.45) is 0.296. The summed E-state index contributed by atoms with van der Waals surface area (Å²) < 4.78 is 10.0. The fourth-order valence-corrected chi connectivity index (χ4v) is 0.631. The largest absolute Gasteiger partial charge is 0.384 e. The molecule has 0 amide bonds. The first-order valence-corrected chi connectivity index (χ1v) is 3.24. The van der Waals surface area contributed by atoms with E-state index in [-0.39, 0.29) is 0 Å². The Bertz CT molecular complexity index is 63.9. The number of hydrogen-bond donors (Lipinski definition) is 0. The van der Waals surface area contributed by atoms with Crippen LogP contribution in [0.5, 0.6) is 0 Å². The van der Waals surface area contributed by atoms with Crippen LogP contribution in [0.2, 0.25) is 0 Å². The lowest BCUT2D eigenvalue weighted by Crippen LogP contribution is -2.20. The van der Waals surface area contributed by atoms with Gasteiger partial charge in [-0.25, -0.2) is 0 Å². The zero-order valence-corrected chi connectivity index (χ0v) is 6.68. The third kappa shape index (κ3) is 3.49. The predicted octanol–water partition coefficient (Wildman–Crippen LogP) is 1.30. The van der Waals surface area contributed by atoms with E-state index in [2.05, 4.69) is 6.92 Å². The van der Waals surface area contributed by atoms with Crippen LogP contribution in [0.15, 0.2) is 0 Å². The molecule has 0 saturated heterocycles. The Balaban J connectivity index is 3.32. The van der Waals surface area contributed by atoms with E-state index in [1.807, 2.05) is 6.92 Å². The summed E-state index contributed by atoms with van der Waals surface area (Å²) in [6.45, 7) is 4.93. The van der Waals surface area contributed by atoms with Gasteiger partial charge >= 0.3 is 0 Å². The van der Waals surface area contributed by atoms with Crippen molar-refractivity contribution in [1.82, 2.24) is 0 Å². The van der Waals surface area contributed by atoms with Crippen LogP contribution in [-0.4, -0.2) is 26.9 Å². The summed E-state index contributed by atoms with van der Waals surface area (Å²) >= 11 is 0. The molecule has 0 aromatic carbocycles. The molecule has 0 N–H and O–H groups in total. The maximum atomic E-state index is 5.08. The Morgan fingerprint density at radius 3 is 2.11 bits per heavy atom. The monoisotopic (exact) mass is 132 g/mol. The third-order valence-electron chi connectivity index (χ3n) is 1.60. The number of hydrogen-bond acceptors (Lipinski definition) is 2. The lowest BCUT2D eigenvalue weighted by Gasteiger charge is -2.16. The maximum absolute atomic E-state index is 5.08. The second-order valence-corrected chi connectivity index (χ2v) is 2.37. The Kier molecular flexibility index (Phi) is 4.72. The van der Waals surface area contributed by atoms with Gasteiger partial charge in [-0.15, -0.1) is 0 Å². The highest BCUT2D eigenvalue weighted by molar-refractivity contribution is 4.58. The van der Waals surface area contributed by atoms with Crippen LogP contribution in [0.1, 0.15) is 13.8 Å². The van der Waals surface area contributed by atoms with Gasteiger partial charge in [0.15, 0.2) is 0 Å². The van der Waals surface area contributed by atoms with Crippen molar-refractivity contribution in [3.63, 3.8) is 0 Å². The van der Waals surface area contributed by atoms with Gasteiger partial charge in [-0.05, 0) is 6.92 Å². The van der Waals surface area contributed by atoms with Crippen LogP contribution in [0.3, 0.4) is 0 Å². The second-order valence-electron chi connectivity index (χ2n) is 2.37. The van der Waals surface area contributed by atoms with Gasteiger partial charge in [0.2, 0.25) is 0 Å². The van der Waals surface area contributed by atoms with E-state index >= 15 is 0 Å². The summed E-state index contributed by atoms with van der Waals surface area (Å²) in [7, 11) is 3.43. The smallest absolute Gasteiger partial charge is 0.0590 e. The van der Waals surface area contributed by atoms with Crippen molar-refractivity contribution in [2.24, 2.45) is 5.92 Å². The molecule has 0 fully saturated rings. The summed E-state index contributed by atoms with van der Waals surface area (Å²) in [6, 6.07) is 0. The minimum atomic E-state index is 0.296. The molecular formula is C7H16O2. The Morgan fingerprint density at radius 2 is 1.78 bits per heavy atom. The van der Waals surface area contributed by atoms with Crippen molar-refractivity contribution in [2.45, 2.75) is 20.0 Å². The summed E-state index contributed by atoms with van der Waals surface area (Å²) in [5, 5.41) is 0. The Hall–Kier alpha value is -0.0800. The molecule has 0 radical (unpaired) electrons. The first kappa shape index (κ1) is 8.92. The minimum Gasteiger partial charge on any atom is -0.384 e. The average Bonchev–Trinajstić information content (AvgIpc) is 1.87. The molecule has 56 valence electrons. The molecule has 0 aromatic heterocycles. The van der Waals surface area contributed by atoms with E-state index < -0.39 is 0 Å². The number of rotatable bonds is 4. The van der Waals surface area contributed by atoms with Crippen molar-refractivity contribution in [3.8, 4) is 0 Å². The van der Waals surface area contributed by atoms with E-state index in [0.29, 0.717) is 12.0 Å². The molecule has 0 bridgehead atoms. The number of ether oxygens (including phenoxy) is 2. The molecule has 0 rings (SSSR count). The first-order valence-electron chi connectivity index (χ1n) is 3.24. The van der Waals surface area contributed by atoms with Crippen molar-refractivity contribution < 1.29 is 9.47 Å². The lowest BCUT2D eigenvalue weighted by molar-refractivity contribution is 0.0337. The Morgan fingerprint density at radius 1 is 1.22 bits per heavy atom. The second kappa shape index (κ2) is 4.77. The topological polar surface area (TPSA) is 18.5 Å². The molecule has 0 aliphatic heterocycles. The van der Waals surface area contributed by atoms with Crippen LogP contribution < -0.4 is 0 Å². The van der Waals surface area contributed by atoms with Crippen LogP contribution in [0.25, 0.3) is 0 Å². The van der Waals surface area contributed by atoms with Gasteiger partial charge in [-0.3, -0.25) is 0 Å². The van der Waals surface area contributed by atoms with Gasteiger partial charge < -0.3 is 9.47 Å². The fourth-order valence-electron chi connectivity index (χ4n) is 0.631. The molecule has 0 spiro atoms. The van der Waals surface area contributed by atoms with Crippen molar-refractivity contribution in [3.05, 3.63) is 0 Å². The summed E-state index contributed by atoms with van der Waals surface area (Å²) in [4.78, 5) is 0. The van der Waals surface area contributed by atoms with Crippen LogP contribution >= 0.6 is 0 Å². The van der Waals surface area contributed by atoms with Gasteiger partial charge in [-0.1, -0.05) is 6.92 Å². The molecule has 2 heteroatoms. The molecule has 2 unspecified atom stereocenters. The van der Waals surface area contributed by atoms with Gasteiger partial charge in [0.1, 0.15) is 0 Å². The number of methoxy groups -OCH3 is 2. The normalized spacial score (nSPS) is 17.3. The summed E-state index contributed by atoms with van der Waals surface area (Å²) in [5.41, 5.74) is 0. The van der Waals surface area contributed by atoms with Crippen LogP contribution in [0.4, 0.5) is 0 Å². The van der Waals surface area contributed by atoms with Gasteiger partial charge in [-0.2, -0.15) is 0 Å². The van der Waals surface area contributed by atoms with E-state index in [1.54, 1.807) is 14.2 Å². The molecule has 2 atom stereocenters. The maximum Gasteiger partial charge on any atom is 0.0590 e. The van der Waals surface area contributed by atoms with Crippen molar-refractivity contribution >= 4 is 0 Å². The summed E-state index contributed by atoms with van der Waals surface area (Å²) in [5.74, 6) is 0.486. The standard InChI is InChI=1S/C7H16O2/c1-6(5-8-3)7(2)9-4/h6-7H,5H2,1-4H3. The fraction of sp³-hybridized carbons (Fsp3) is 1.00. The third-order valence-corrected chi connectivity index (χ3v) is 1.60. The highest BCUT2D eigenvalue weighted by Gasteiger charge is 2.09. The van der Waals surface area contributed by atoms with E-state index in [0.717, 1.165) is 6.61 Å². The molecule has 0 aromatic rings. The average molecular weight is 132 g/mol. The van der Waals surface area contributed by atoms with Crippen molar-refractivity contribution in [2.75, 3.05) is 20.8 Å². The van der Waals surface area contributed by atoms with E-state index in [1.165, 1.54) is 0 Å². The quantitative estimate of drug-likeness (QED) is 0.574. The molecule has 0 aliphatic carbocycles. The molecule has 0 saturated carbocycles. The Labute approximate surface area is 57.2 Å². The molecule has 2 nitrogen and oxygen atoms in total. The van der Waals surface area contributed by atoms with Crippen LogP contribution in [0, 0.1) is 5.92 Å². The predicted molar refractivity (Wildman–Crippen MR) is 37.5 cm³/mol. The molecule has 9 heavy (non-hydrogen) atoms. The molecular weight excluding hydrogens is 116 g/mol. The van der Waals surface area contributed by atoms with E-state index in [9.17, 15) is 0 Å². The molecule has 0 aliphatic rings. The zero-order chi connectivity index (χ0) is 7.28. The van der Waals surface area contributed by atoms with Gasteiger partial charge in [0.05, 0.1) is 12.7 Å². The lowest BCUT2D eigenvalue weighted by atomic mass is 10.1. The highest BCUT2D eigenvalue weighted by Crippen LogP contribution is 2.04. The molecule has 0 heterocycles. The first-order chi connectivity index (χ1) is 4.22. The minimum absolute atomic E-state index is 0.296. The van der Waals surface area contributed by atoms with Gasteiger partial charge in [0, 0.05) is 20.1 Å². The van der Waals surface area contributed by atoms with Crippen LogP contribution in [-0.2, 0) is 9.47 Å².